The van der Waals surface area contributed by atoms with Crippen molar-refractivity contribution in [3.05, 3.63) is 17.2 Å². The van der Waals surface area contributed by atoms with E-state index < -0.39 is 0 Å². The lowest BCUT2D eigenvalue weighted by molar-refractivity contribution is 0.621. The number of rotatable bonds is 5. The van der Waals surface area contributed by atoms with Gasteiger partial charge < -0.3 is 5.32 Å². The molecule has 0 aliphatic heterocycles. The highest BCUT2D eigenvalue weighted by molar-refractivity contribution is 7.15. The number of nitrogens with one attached hydrogen (secondary N) is 1. The van der Waals surface area contributed by atoms with Crippen LogP contribution in [0.1, 0.15) is 24.7 Å². The molecule has 7 heteroatoms. The van der Waals surface area contributed by atoms with E-state index in [4.69, 9.17) is 0 Å². The summed E-state index contributed by atoms with van der Waals surface area (Å²) in [6, 6.07) is 0. The molecule has 0 fully saturated rings. The van der Waals surface area contributed by atoms with Crippen LogP contribution in [0.3, 0.4) is 0 Å². The Bertz CT molecular complexity index is 448. The van der Waals surface area contributed by atoms with Crippen LogP contribution in [-0.4, -0.2) is 25.0 Å². The molecule has 16 heavy (non-hydrogen) atoms. The Labute approximate surface area is 97.7 Å². The van der Waals surface area contributed by atoms with Crippen molar-refractivity contribution in [2.45, 2.75) is 33.4 Å². The van der Waals surface area contributed by atoms with Crippen molar-refractivity contribution < 1.29 is 0 Å². The molecule has 0 atom stereocenters. The zero-order valence-corrected chi connectivity index (χ0v) is 10.2. The highest BCUT2D eigenvalue weighted by Gasteiger charge is 2.05. The first-order valence-corrected chi connectivity index (χ1v) is 6.08. The Hall–Kier alpha value is -1.50. The monoisotopic (exact) mass is 238 g/mol. The Kier molecular flexibility index (Phi) is 3.45. The second-order valence-corrected chi connectivity index (χ2v) is 4.26. The molecule has 0 saturated heterocycles. The van der Waals surface area contributed by atoms with Gasteiger partial charge >= 0.3 is 0 Å². The highest BCUT2D eigenvalue weighted by Crippen LogP contribution is 2.15. The van der Waals surface area contributed by atoms with Crippen LogP contribution in [-0.2, 0) is 19.5 Å². The maximum atomic E-state index is 4.17. The molecule has 0 bridgehead atoms. The smallest absolute Gasteiger partial charge is 0.206 e. The van der Waals surface area contributed by atoms with Gasteiger partial charge in [-0.15, -0.1) is 10.2 Å². The van der Waals surface area contributed by atoms with Crippen molar-refractivity contribution >= 4 is 16.5 Å². The highest BCUT2D eigenvalue weighted by atomic mass is 32.1. The molecule has 0 aliphatic carbocycles. The fraction of sp³-hybridized carbons (Fsp3) is 0.556. The standard InChI is InChI=1S/C9H14N6S/c1-3-8-13-14-9(16-8)10-5-7-11-6-12-15(7)4-2/h6H,3-5H2,1-2H3,(H,10,14). The van der Waals surface area contributed by atoms with Gasteiger partial charge in [0, 0.05) is 6.54 Å². The Morgan fingerprint density at radius 3 is 2.94 bits per heavy atom. The zero-order chi connectivity index (χ0) is 11.4. The molecule has 0 radical (unpaired) electrons. The normalized spacial score (nSPS) is 10.6. The number of nitrogens with zero attached hydrogens (tertiary/aromatic N) is 5. The lowest BCUT2D eigenvalue weighted by Crippen LogP contribution is -2.08. The van der Waals surface area contributed by atoms with Crippen molar-refractivity contribution in [1.29, 1.82) is 0 Å². The van der Waals surface area contributed by atoms with Crippen molar-refractivity contribution in [2.75, 3.05) is 5.32 Å². The maximum Gasteiger partial charge on any atom is 0.206 e. The second kappa shape index (κ2) is 5.02. The molecular formula is C9H14N6S. The van der Waals surface area contributed by atoms with E-state index in [2.05, 4.69) is 32.5 Å². The minimum absolute atomic E-state index is 0.631. The molecule has 0 aromatic carbocycles. The Balaban J connectivity index is 1.96. The molecular weight excluding hydrogens is 224 g/mol. The van der Waals surface area contributed by atoms with E-state index in [0.29, 0.717) is 6.54 Å². The molecule has 0 spiro atoms. The molecule has 0 aliphatic rings. The van der Waals surface area contributed by atoms with E-state index >= 15 is 0 Å². The van der Waals surface area contributed by atoms with Crippen LogP contribution >= 0.6 is 11.3 Å². The molecule has 2 heterocycles. The van der Waals surface area contributed by atoms with Crippen molar-refractivity contribution in [1.82, 2.24) is 25.0 Å². The minimum atomic E-state index is 0.631. The maximum absolute atomic E-state index is 4.17. The Morgan fingerprint density at radius 2 is 2.25 bits per heavy atom. The number of anilines is 1. The van der Waals surface area contributed by atoms with Gasteiger partial charge in [-0.1, -0.05) is 18.3 Å². The van der Waals surface area contributed by atoms with Crippen LogP contribution in [0.15, 0.2) is 6.33 Å². The first-order valence-electron chi connectivity index (χ1n) is 5.26. The van der Waals surface area contributed by atoms with Gasteiger partial charge in [-0.3, -0.25) is 0 Å². The lowest BCUT2D eigenvalue weighted by atomic mass is 10.5. The van der Waals surface area contributed by atoms with Crippen LogP contribution < -0.4 is 5.32 Å². The van der Waals surface area contributed by atoms with Gasteiger partial charge in [0.05, 0.1) is 6.54 Å². The summed E-state index contributed by atoms with van der Waals surface area (Å²) in [5.41, 5.74) is 0. The number of hydrogen-bond donors (Lipinski definition) is 1. The van der Waals surface area contributed by atoms with Gasteiger partial charge in [0.1, 0.15) is 17.2 Å². The summed E-state index contributed by atoms with van der Waals surface area (Å²) >= 11 is 1.58. The molecule has 0 amide bonds. The first-order chi connectivity index (χ1) is 7.83. The predicted molar refractivity (Wildman–Crippen MR) is 62.3 cm³/mol. The fourth-order valence-corrected chi connectivity index (χ4v) is 1.99. The average molecular weight is 238 g/mol. The van der Waals surface area contributed by atoms with E-state index in [1.807, 2.05) is 11.6 Å². The van der Waals surface area contributed by atoms with Crippen LogP contribution in [0.4, 0.5) is 5.13 Å². The minimum Gasteiger partial charge on any atom is -0.353 e. The third kappa shape index (κ3) is 2.35. The van der Waals surface area contributed by atoms with Gasteiger partial charge in [0.25, 0.3) is 0 Å². The number of aryl methyl sites for hydroxylation is 2. The summed E-state index contributed by atoms with van der Waals surface area (Å²) in [6.07, 6.45) is 2.49. The summed E-state index contributed by atoms with van der Waals surface area (Å²) < 4.78 is 1.86. The third-order valence-corrected chi connectivity index (χ3v) is 3.19. The molecule has 6 nitrogen and oxygen atoms in total. The van der Waals surface area contributed by atoms with Gasteiger partial charge in [-0.2, -0.15) is 5.10 Å². The Morgan fingerprint density at radius 1 is 1.38 bits per heavy atom. The molecule has 2 aromatic heterocycles. The largest absolute Gasteiger partial charge is 0.353 e. The number of aromatic nitrogens is 5. The van der Waals surface area contributed by atoms with Gasteiger partial charge in [-0.25, -0.2) is 9.67 Å². The van der Waals surface area contributed by atoms with Crippen LogP contribution in [0, 0.1) is 0 Å². The molecule has 1 N–H and O–H groups in total. The summed E-state index contributed by atoms with van der Waals surface area (Å²) in [5, 5.41) is 17.3. The van der Waals surface area contributed by atoms with E-state index in [1.165, 1.54) is 0 Å². The number of hydrogen-bond acceptors (Lipinski definition) is 6. The summed E-state index contributed by atoms with van der Waals surface area (Å²) in [5.74, 6) is 0.913. The van der Waals surface area contributed by atoms with Crippen LogP contribution in [0.25, 0.3) is 0 Å². The summed E-state index contributed by atoms with van der Waals surface area (Å²) in [6.45, 7) is 5.57. The summed E-state index contributed by atoms with van der Waals surface area (Å²) in [7, 11) is 0. The van der Waals surface area contributed by atoms with Gasteiger partial charge in [-0.05, 0) is 13.3 Å². The van der Waals surface area contributed by atoms with Crippen LogP contribution in [0.2, 0.25) is 0 Å². The van der Waals surface area contributed by atoms with E-state index in [9.17, 15) is 0 Å². The van der Waals surface area contributed by atoms with E-state index in [0.717, 1.165) is 28.9 Å². The molecule has 2 aromatic rings. The SMILES string of the molecule is CCc1nnc(NCc2ncnn2CC)s1. The average Bonchev–Trinajstić information content (AvgIpc) is 2.94. The quantitative estimate of drug-likeness (QED) is 0.851. The third-order valence-electron chi connectivity index (χ3n) is 2.16. The second-order valence-electron chi connectivity index (χ2n) is 3.20. The van der Waals surface area contributed by atoms with Crippen LogP contribution in [0.5, 0.6) is 0 Å². The zero-order valence-electron chi connectivity index (χ0n) is 9.34. The van der Waals surface area contributed by atoms with E-state index in [-0.39, 0.29) is 0 Å². The van der Waals surface area contributed by atoms with Crippen molar-refractivity contribution in [2.24, 2.45) is 0 Å². The van der Waals surface area contributed by atoms with Crippen molar-refractivity contribution in [3.8, 4) is 0 Å². The van der Waals surface area contributed by atoms with Crippen molar-refractivity contribution in [3.63, 3.8) is 0 Å². The fourth-order valence-electron chi connectivity index (χ4n) is 1.31. The predicted octanol–water partition coefficient (Wildman–Crippen LogP) is 1.32. The van der Waals surface area contributed by atoms with E-state index in [1.54, 1.807) is 17.7 Å². The van der Waals surface area contributed by atoms with Gasteiger partial charge in [0.2, 0.25) is 5.13 Å². The molecule has 0 saturated carbocycles. The molecule has 0 unspecified atom stereocenters. The first kappa shape index (κ1) is 11.0. The summed E-state index contributed by atoms with van der Waals surface area (Å²) in [4.78, 5) is 4.17. The van der Waals surface area contributed by atoms with Gasteiger partial charge in [0.15, 0.2) is 0 Å². The molecule has 2 rings (SSSR count). The topological polar surface area (TPSA) is 68.5 Å². The molecule has 86 valence electrons. The lowest BCUT2D eigenvalue weighted by Gasteiger charge is -2.02.